The SMILES string of the molecule is CCCCCCCCCCCCCC(=O)OC(C)C.Oc1ccccc1. The highest BCUT2D eigenvalue weighted by atomic mass is 16.5. The van der Waals surface area contributed by atoms with Gasteiger partial charge in [0, 0.05) is 6.42 Å². The van der Waals surface area contributed by atoms with Gasteiger partial charge in [-0.2, -0.15) is 0 Å². The van der Waals surface area contributed by atoms with E-state index in [2.05, 4.69) is 6.92 Å². The minimum Gasteiger partial charge on any atom is -0.508 e. The highest BCUT2D eigenvalue weighted by Crippen LogP contribution is 2.12. The molecule has 0 heterocycles. The van der Waals surface area contributed by atoms with Crippen LogP contribution in [-0.4, -0.2) is 17.2 Å². The van der Waals surface area contributed by atoms with Crippen molar-refractivity contribution in [1.82, 2.24) is 0 Å². The van der Waals surface area contributed by atoms with Gasteiger partial charge in [-0.25, -0.2) is 0 Å². The first-order chi connectivity index (χ1) is 12.6. The van der Waals surface area contributed by atoms with E-state index in [-0.39, 0.29) is 12.1 Å². The van der Waals surface area contributed by atoms with Gasteiger partial charge < -0.3 is 9.84 Å². The maximum Gasteiger partial charge on any atom is 0.306 e. The molecule has 1 N–H and O–H groups in total. The number of esters is 1. The fraction of sp³-hybridized carbons (Fsp3) is 0.696. The zero-order valence-electron chi connectivity index (χ0n) is 17.2. The molecular weight excluding hydrogens is 324 g/mol. The second-order valence-corrected chi connectivity index (χ2v) is 7.16. The maximum atomic E-state index is 11.3. The van der Waals surface area contributed by atoms with Gasteiger partial charge in [-0.05, 0) is 32.4 Å². The summed E-state index contributed by atoms with van der Waals surface area (Å²) < 4.78 is 5.10. The molecule has 0 fully saturated rings. The summed E-state index contributed by atoms with van der Waals surface area (Å²) in [5.74, 6) is 0.286. The third kappa shape index (κ3) is 18.8. The number of hydrogen-bond donors (Lipinski definition) is 1. The summed E-state index contributed by atoms with van der Waals surface area (Å²) in [5, 5.41) is 8.63. The first-order valence-electron chi connectivity index (χ1n) is 10.5. The Hall–Kier alpha value is -1.51. The zero-order chi connectivity index (χ0) is 19.5. The molecule has 150 valence electrons. The smallest absolute Gasteiger partial charge is 0.306 e. The number of hydrogen-bond acceptors (Lipinski definition) is 3. The maximum absolute atomic E-state index is 11.3. The molecule has 1 aromatic carbocycles. The van der Waals surface area contributed by atoms with E-state index in [0.29, 0.717) is 12.2 Å². The van der Waals surface area contributed by atoms with Gasteiger partial charge in [0.25, 0.3) is 0 Å². The molecule has 0 saturated carbocycles. The third-order valence-electron chi connectivity index (χ3n) is 4.11. The lowest BCUT2D eigenvalue weighted by molar-refractivity contribution is -0.147. The number of benzene rings is 1. The Kier molecular flexibility index (Phi) is 17.2. The summed E-state index contributed by atoms with van der Waals surface area (Å²) in [7, 11) is 0. The molecule has 0 aliphatic carbocycles. The Labute approximate surface area is 161 Å². The minimum absolute atomic E-state index is 0.0280. The van der Waals surface area contributed by atoms with E-state index in [9.17, 15) is 4.79 Å². The molecule has 0 bridgehead atoms. The lowest BCUT2D eigenvalue weighted by Gasteiger charge is -2.07. The van der Waals surface area contributed by atoms with Gasteiger partial charge >= 0.3 is 5.97 Å². The van der Waals surface area contributed by atoms with Crippen LogP contribution in [0.2, 0.25) is 0 Å². The van der Waals surface area contributed by atoms with Crippen molar-refractivity contribution < 1.29 is 14.6 Å². The fourth-order valence-corrected chi connectivity index (χ4v) is 2.68. The molecule has 0 aliphatic heterocycles. The van der Waals surface area contributed by atoms with Crippen LogP contribution in [0.5, 0.6) is 5.75 Å². The van der Waals surface area contributed by atoms with Gasteiger partial charge in [0.15, 0.2) is 0 Å². The molecule has 0 amide bonds. The number of para-hydroxylation sites is 1. The van der Waals surface area contributed by atoms with Gasteiger partial charge in [0.05, 0.1) is 6.10 Å². The quantitative estimate of drug-likeness (QED) is 0.302. The van der Waals surface area contributed by atoms with Crippen molar-refractivity contribution in [3.05, 3.63) is 30.3 Å². The van der Waals surface area contributed by atoms with E-state index in [1.807, 2.05) is 19.9 Å². The highest BCUT2D eigenvalue weighted by Gasteiger charge is 2.04. The largest absolute Gasteiger partial charge is 0.508 e. The van der Waals surface area contributed by atoms with Gasteiger partial charge in [-0.3, -0.25) is 4.79 Å². The summed E-state index contributed by atoms with van der Waals surface area (Å²) in [6.07, 6.45) is 15.1. The number of aromatic hydroxyl groups is 1. The number of rotatable bonds is 13. The number of phenols is 1. The molecule has 1 aromatic rings. The summed E-state index contributed by atoms with van der Waals surface area (Å²) >= 11 is 0. The van der Waals surface area contributed by atoms with E-state index in [1.165, 1.54) is 64.2 Å². The van der Waals surface area contributed by atoms with Crippen molar-refractivity contribution in [3.8, 4) is 5.75 Å². The third-order valence-corrected chi connectivity index (χ3v) is 4.11. The fourth-order valence-electron chi connectivity index (χ4n) is 2.68. The average molecular weight is 365 g/mol. The molecule has 3 heteroatoms. The standard InChI is InChI=1S/C17H34O2.C6H6O/c1-4-5-6-7-8-9-10-11-12-13-14-15-17(18)19-16(2)3;7-6-4-2-1-3-5-6/h16H,4-15H2,1-3H3;1-5,7H. The predicted octanol–water partition coefficient (Wildman–Crippen LogP) is 7.03. The van der Waals surface area contributed by atoms with E-state index in [4.69, 9.17) is 9.84 Å². The van der Waals surface area contributed by atoms with Crippen molar-refractivity contribution >= 4 is 5.97 Å². The first kappa shape index (κ1) is 24.5. The Balaban J connectivity index is 0.000000735. The molecule has 3 nitrogen and oxygen atoms in total. The van der Waals surface area contributed by atoms with E-state index in [0.717, 1.165) is 6.42 Å². The summed E-state index contributed by atoms with van der Waals surface area (Å²) in [5.41, 5.74) is 0. The predicted molar refractivity (Wildman–Crippen MR) is 110 cm³/mol. The van der Waals surface area contributed by atoms with Gasteiger partial charge in [-0.15, -0.1) is 0 Å². The van der Waals surface area contributed by atoms with Crippen LogP contribution in [-0.2, 0) is 9.53 Å². The monoisotopic (exact) mass is 364 g/mol. The van der Waals surface area contributed by atoms with Crippen LogP contribution < -0.4 is 0 Å². The van der Waals surface area contributed by atoms with Crippen molar-refractivity contribution in [3.63, 3.8) is 0 Å². The number of carbonyl (C=O) groups is 1. The molecule has 0 atom stereocenters. The summed E-state index contributed by atoms with van der Waals surface area (Å²) in [4.78, 5) is 11.3. The Morgan fingerprint density at radius 1 is 0.846 bits per heavy atom. The second-order valence-electron chi connectivity index (χ2n) is 7.16. The zero-order valence-corrected chi connectivity index (χ0v) is 17.2. The molecular formula is C23H40O3. The topological polar surface area (TPSA) is 46.5 Å². The van der Waals surface area contributed by atoms with E-state index < -0.39 is 0 Å². The molecule has 0 unspecified atom stereocenters. The summed E-state index contributed by atoms with van der Waals surface area (Å²) in [6.45, 7) is 6.06. The molecule has 0 saturated heterocycles. The van der Waals surface area contributed by atoms with Crippen LogP contribution in [0.1, 0.15) is 97.8 Å². The second kappa shape index (κ2) is 18.3. The summed E-state index contributed by atoms with van der Waals surface area (Å²) in [6, 6.07) is 8.71. The van der Waals surface area contributed by atoms with Gasteiger partial charge in [-0.1, -0.05) is 89.3 Å². The lowest BCUT2D eigenvalue weighted by Crippen LogP contribution is -2.10. The van der Waals surface area contributed by atoms with Crippen molar-refractivity contribution in [2.24, 2.45) is 0 Å². The minimum atomic E-state index is -0.0362. The number of carbonyl (C=O) groups excluding carboxylic acids is 1. The Morgan fingerprint density at radius 2 is 1.31 bits per heavy atom. The molecule has 26 heavy (non-hydrogen) atoms. The molecule has 1 rings (SSSR count). The Bertz CT molecular complexity index is 415. The van der Waals surface area contributed by atoms with Crippen LogP contribution in [0.15, 0.2) is 30.3 Å². The van der Waals surface area contributed by atoms with E-state index >= 15 is 0 Å². The lowest BCUT2D eigenvalue weighted by atomic mass is 10.1. The molecule has 0 spiro atoms. The van der Waals surface area contributed by atoms with Gasteiger partial charge in [0.1, 0.15) is 5.75 Å². The average Bonchev–Trinajstić information content (AvgIpc) is 2.60. The highest BCUT2D eigenvalue weighted by molar-refractivity contribution is 5.69. The van der Waals surface area contributed by atoms with Crippen LogP contribution in [0, 0.1) is 0 Å². The number of ether oxygens (including phenoxy) is 1. The number of unbranched alkanes of at least 4 members (excludes halogenated alkanes) is 10. The van der Waals surface area contributed by atoms with Crippen LogP contribution in [0.3, 0.4) is 0 Å². The molecule has 0 radical (unpaired) electrons. The Morgan fingerprint density at radius 3 is 1.69 bits per heavy atom. The first-order valence-corrected chi connectivity index (χ1v) is 10.5. The normalized spacial score (nSPS) is 10.3. The van der Waals surface area contributed by atoms with Crippen LogP contribution in [0.25, 0.3) is 0 Å². The van der Waals surface area contributed by atoms with Crippen molar-refractivity contribution in [2.75, 3.05) is 0 Å². The van der Waals surface area contributed by atoms with Crippen LogP contribution >= 0.6 is 0 Å². The van der Waals surface area contributed by atoms with Crippen molar-refractivity contribution in [1.29, 1.82) is 0 Å². The van der Waals surface area contributed by atoms with E-state index in [1.54, 1.807) is 24.3 Å². The van der Waals surface area contributed by atoms with Crippen molar-refractivity contribution in [2.45, 2.75) is 104 Å². The molecule has 0 aromatic heterocycles. The number of phenolic OH excluding ortho intramolecular Hbond substituents is 1. The van der Waals surface area contributed by atoms with Crippen LogP contribution in [0.4, 0.5) is 0 Å². The van der Waals surface area contributed by atoms with Gasteiger partial charge in [0.2, 0.25) is 0 Å². The molecule has 0 aliphatic rings.